The maximum atomic E-state index is 14.5. The van der Waals surface area contributed by atoms with E-state index in [2.05, 4.69) is 5.92 Å². The predicted octanol–water partition coefficient (Wildman–Crippen LogP) is 6.89. The molecule has 15 atom stereocenters. The third-order valence-electron chi connectivity index (χ3n) is 15.3. The van der Waals surface area contributed by atoms with Crippen molar-refractivity contribution in [2.45, 2.75) is 180 Å². The maximum Gasteiger partial charge on any atom is 0.410 e. The average Bonchev–Trinajstić information content (AvgIpc) is 3.35. The van der Waals surface area contributed by atoms with E-state index in [-0.39, 0.29) is 49.3 Å². The first kappa shape index (κ1) is 60.1. The van der Waals surface area contributed by atoms with Gasteiger partial charge in [0.15, 0.2) is 5.78 Å². The second-order valence-electron chi connectivity index (χ2n) is 21.0. The zero-order valence-electron chi connectivity index (χ0n) is 44.7. The van der Waals surface area contributed by atoms with Crippen LogP contribution >= 0.6 is 0 Å². The molecule has 2 amide bonds. The number of esters is 1. The maximum absolute atomic E-state index is 14.5. The Kier molecular flexibility index (Phi) is 23.6. The van der Waals surface area contributed by atoms with Gasteiger partial charge >= 0.3 is 12.1 Å². The fourth-order valence-electron chi connectivity index (χ4n) is 10.7. The van der Waals surface area contributed by atoms with Gasteiger partial charge in [0.25, 0.3) is 11.7 Å². The standard InChI is InChI=1S/C56H84N2O14/c1-13-26-57(9)55(65)71-45-25-23-41(31-48(45)68-11)30-37(5)47-33-44(59)36(4)29-39(7)50(61)51(69-12)49(60)38(6)28-34(2)19-15-14-16-20-35(3)46(67-10)32-42-24-22-40(8)56(66,72-42)52(62)53(63)58-27-18-17-21-43(58)54(64)70-47/h1,14-16,19-20,29,34,36-38,40-43,45-48,50-51,61,66H,17-18,21-28,30-33H2,2-12H3/b16-14+,19-15-,35-20+,39-29+/t34-,36-,37-,38-,40-,41+,42+,43+,45-,46+,47+,48-,50-,51+,56-/m1/s1. The Hall–Kier alpha value is -4.50. The molecule has 3 aliphatic heterocycles. The largest absolute Gasteiger partial charge is 0.460 e. The number of piperidine rings is 1. The molecule has 2 saturated heterocycles. The summed E-state index contributed by atoms with van der Waals surface area (Å²) in [4.78, 5) is 86.4. The quantitative estimate of drug-likeness (QED) is 0.110. The Morgan fingerprint density at radius 3 is 2.31 bits per heavy atom. The van der Waals surface area contributed by atoms with Crippen LogP contribution in [0.25, 0.3) is 0 Å². The summed E-state index contributed by atoms with van der Waals surface area (Å²) in [7, 11) is 6.05. The minimum atomic E-state index is -2.45. The number of hydrogen-bond acceptors (Lipinski definition) is 14. The van der Waals surface area contributed by atoms with E-state index in [1.54, 1.807) is 55.0 Å². The molecule has 16 heteroatoms. The first-order valence-electron chi connectivity index (χ1n) is 25.9. The monoisotopic (exact) mass is 1010 g/mol. The van der Waals surface area contributed by atoms with Crippen molar-refractivity contribution in [3.63, 3.8) is 0 Å². The number of carbonyl (C=O) groups is 6. The molecule has 0 unspecified atom stereocenters. The highest BCUT2D eigenvalue weighted by molar-refractivity contribution is 6.39. The molecule has 3 fully saturated rings. The Balaban J connectivity index is 1.69. The van der Waals surface area contributed by atoms with Crippen molar-refractivity contribution in [3.05, 3.63) is 47.6 Å². The van der Waals surface area contributed by atoms with Gasteiger partial charge in [0.1, 0.15) is 36.2 Å². The van der Waals surface area contributed by atoms with Crippen molar-refractivity contribution in [1.82, 2.24) is 9.80 Å². The lowest BCUT2D eigenvalue weighted by atomic mass is 9.78. The van der Waals surface area contributed by atoms with E-state index in [0.29, 0.717) is 69.8 Å². The molecule has 4 aliphatic rings. The van der Waals surface area contributed by atoms with Crippen LogP contribution in [0.5, 0.6) is 0 Å². The van der Waals surface area contributed by atoms with Crippen LogP contribution in [0.2, 0.25) is 0 Å². The van der Waals surface area contributed by atoms with Gasteiger partial charge in [-0.25, -0.2) is 9.59 Å². The van der Waals surface area contributed by atoms with Crippen molar-refractivity contribution in [3.8, 4) is 12.3 Å². The van der Waals surface area contributed by atoms with Gasteiger partial charge in [-0.05, 0) is 107 Å². The van der Waals surface area contributed by atoms with E-state index in [9.17, 15) is 39.0 Å². The summed E-state index contributed by atoms with van der Waals surface area (Å²) in [5, 5.41) is 23.5. The number of rotatable bonds is 8. The first-order chi connectivity index (χ1) is 34.1. The minimum absolute atomic E-state index is 0.00248. The number of cyclic esters (lactones) is 1. The fraction of sp³-hybridized carbons (Fsp3) is 0.714. The molecule has 0 aromatic heterocycles. The highest BCUT2D eigenvalue weighted by Crippen LogP contribution is 2.38. The number of aliphatic hydroxyl groups is 2. The molecular weight excluding hydrogens is 925 g/mol. The van der Waals surface area contributed by atoms with Crippen molar-refractivity contribution < 1.29 is 67.4 Å². The molecule has 2 bridgehead atoms. The third kappa shape index (κ3) is 16.0. The highest BCUT2D eigenvalue weighted by Gasteiger charge is 2.53. The number of fused-ring (bicyclic) bond motifs is 3. The van der Waals surface area contributed by atoms with Gasteiger partial charge in [0.05, 0.1) is 24.9 Å². The second kappa shape index (κ2) is 28.2. The fourth-order valence-corrected chi connectivity index (χ4v) is 10.7. The number of methoxy groups -OCH3 is 3. The van der Waals surface area contributed by atoms with Crippen LogP contribution in [-0.2, 0) is 52.4 Å². The van der Waals surface area contributed by atoms with Gasteiger partial charge in [-0.3, -0.25) is 19.2 Å². The van der Waals surface area contributed by atoms with E-state index < -0.39 is 102 Å². The molecule has 0 aromatic rings. The Morgan fingerprint density at radius 2 is 1.64 bits per heavy atom. The summed E-state index contributed by atoms with van der Waals surface area (Å²) in [6.07, 6.45) is 15.4. The van der Waals surface area contributed by atoms with Crippen LogP contribution in [0.15, 0.2) is 47.6 Å². The summed E-state index contributed by atoms with van der Waals surface area (Å²) in [5.41, 5.74) is 1.23. The van der Waals surface area contributed by atoms with E-state index >= 15 is 0 Å². The highest BCUT2D eigenvalue weighted by atomic mass is 16.6. The molecule has 402 valence electrons. The number of aliphatic hydroxyl groups excluding tert-OH is 1. The molecule has 2 N–H and O–H groups in total. The summed E-state index contributed by atoms with van der Waals surface area (Å²) in [6, 6.07) is -1.18. The van der Waals surface area contributed by atoms with E-state index in [1.807, 2.05) is 51.2 Å². The SMILES string of the molecule is C#CCN(C)C(=O)O[C@@H]1CC[C@@H](C[C@@H](C)[C@@H]2CC(=O)[C@H](C)/C=C(\C)[C@@H](O)[C@@H](OC)C(=O)[C@H](C)C[C@H](C)\C=C/C=C/C=C(\C)[C@@H](OC)C[C@@H]3CC[C@@H](C)[C@@](O)(O3)C(=O)C(=O)N3CCCC[C@H]3C(=O)O2)C[C@H]1OC. The van der Waals surface area contributed by atoms with Crippen LogP contribution in [-0.4, -0.2) is 151 Å². The molecule has 1 aliphatic carbocycles. The summed E-state index contributed by atoms with van der Waals surface area (Å²) in [5.74, 6) is -5.93. The zero-order valence-corrected chi connectivity index (χ0v) is 44.7. The average molecular weight is 1010 g/mol. The molecule has 1 saturated carbocycles. The zero-order chi connectivity index (χ0) is 53.4. The predicted molar refractivity (Wildman–Crippen MR) is 271 cm³/mol. The van der Waals surface area contributed by atoms with Crippen LogP contribution in [0.3, 0.4) is 0 Å². The first-order valence-corrected chi connectivity index (χ1v) is 25.9. The number of ether oxygens (including phenoxy) is 6. The van der Waals surface area contributed by atoms with E-state index in [1.165, 1.54) is 16.9 Å². The third-order valence-corrected chi connectivity index (χ3v) is 15.3. The normalized spacial score (nSPS) is 37.4. The van der Waals surface area contributed by atoms with Crippen LogP contribution in [0.1, 0.15) is 126 Å². The molecule has 16 nitrogen and oxygen atoms in total. The number of ketones is 3. The van der Waals surface area contributed by atoms with Gasteiger partial charge < -0.3 is 48.4 Å². The van der Waals surface area contributed by atoms with Crippen molar-refractivity contribution >= 4 is 35.3 Å². The lowest BCUT2D eigenvalue weighted by Crippen LogP contribution is -2.61. The van der Waals surface area contributed by atoms with Gasteiger partial charge in [-0.15, -0.1) is 6.42 Å². The van der Waals surface area contributed by atoms with Crippen LogP contribution in [0, 0.1) is 47.9 Å². The number of allylic oxidation sites excluding steroid dienone is 6. The van der Waals surface area contributed by atoms with Gasteiger partial charge in [-0.1, -0.05) is 77.0 Å². The molecule has 0 aromatic carbocycles. The molecule has 0 spiro atoms. The number of terminal acetylenes is 1. The number of hydrogen-bond donors (Lipinski definition) is 2. The number of Topliss-reactive ketones (excluding diaryl/α,β-unsaturated/α-hetero) is 3. The lowest BCUT2D eigenvalue weighted by molar-refractivity contribution is -0.265. The topological polar surface area (TPSA) is 205 Å². The Morgan fingerprint density at radius 1 is 0.917 bits per heavy atom. The Bertz CT molecular complexity index is 2040. The second-order valence-corrected chi connectivity index (χ2v) is 21.0. The molecular formula is C56H84N2O14. The number of amides is 2. The van der Waals surface area contributed by atoms with Crippen molar-refractivity contribution in [2.24, 2.45) is 35.5 Å². The molecule has 0 radical (unpaired) electrons. The number of nitrogens with zero attached hydrogens (tertiary/aromatic N) is 2. The molecule has 4 rings (SSSR count). The minimum Gasteiger partial charge on any atom is -0.460 e. The van der Waals surface area contributed by atoms with Crippen LogP contribution < -0.4 is 0 Å². The summed E-state index contributed by atoms with van der Waals surface area (Å²) in [6.45, 7) is 12.7. The van der Waals surface area contributed by atoms with Gasteiger partial charge in [0, 0.05) is 65.5 Å². The number of carbonyl (C=O) groups excluding carboxylic acids is 6. The van der Waals surface area contributed by atoms with Crippen LogP contribution in [0.4, 0.5) is 4.79 Å². The van der Waals surface area contributed by atoms with E-state index in [4.69, 9.17) is 34.8 Å². The van der Waals surface area contributed by atoms with E-state index in [0.717, 1.165) is 5.57 Å². The summed E-state index contributed by atoms with van der Waals surface area (Å²) < 4.78 is 35.5. The summed E-state index contributed by atoms with van der Waals surface area (Å²) >= 11 is 0. The smallest absolute Gasteiger partial charge is 0.410 e. The van der Waals surface area contributed by atoms with Gasteiger partial charge in [0.2, 0.25) is 5.79 Å². The lowest BCUT2D eigenvalue weighted by Gasteiger charge is -2.42. The van der Waals surface area contributed by atoms with Crippen molar-refractivity contribution in [2.75, 3.05) is 41.5 Å². The molecule has 3 heterocycles. The Labute approximate surface area is 428 Å². The van der Waals surface area contributed by atoms with Gasteiger partial charge in [-0.2, -0.15) is 0 Å². The van der Waals surface area contributed by atoms with Crippen molar-refractivity contribution in [1.29, 1.82) is 0 Å². The molecule has 72 heavy (non-hydrogen) atoms.